The van der Waals surface area contributed by atoms with Gasteiger partial charge in [0.15, 0.2) is 5.11 Å². The van der Waals surface area contributed by atoms with E-state index in [1.165, 1.54) is 17.0 Å². The molecule has 1 aliphatic heterocycles. The smallest absolute Gasteiger partial charge is 0.170 e. The summed E-state index contributed by atoms with van der Waals surface area (Å²) in [5, 5.41) is 5.07. The summed E-state index contributed by atoms with van der Waals surface area (Å²) in [6, 6.07) is 16.4. The van der Waals surface area contributed by atoms with Crippen molar-refractivity contribution in [3.05, 3.63) is 82.4 Å². The molecule has 4 nitrogen and oxygen atoms in total. The SMILES string of the molecule is Cc1cc([C@@H]2[C@H](c3ccccn3)NC(=S)N2CC(C)C)c(C)n1-c1cccc(Cl)c1. The van der Waals surface area contributed by atoms with E-state index in [4.69, 9.17) is 23.8 Å². The van der Waals surface area contributed by atoms with Crippen molar-refractivity contribution in [2.24, 2.45) is 5.92 Å². The fourth-order valence-electron chi connectivity index (χ4n) is 4.43. The number of hydrogen-bond acceptors (Lipinski definition) is 2. The van der Waals surface area contributed by atoms with Gasteiger partial charge in [-0.3, -0.25) is 4.98 Å². The molecule has 0 unspecified atom stereocenters. The van der Waals surface area contributed by atoms with Gasteiger partial charge in [0.1, 0.15) is 0 Å². The van der Waals surface area contributed by atoms with E-state index < -0.39 is 0 Å². The highest BCUT2D eigenvalue weighted by Gasteiger charge is 2.41. The molecule has 3 heterocycles. The molecule has 1 saturated heterocycles. The summed E-state index contributed by atoms with van der Waals surface area (Å²) in [4.78, 5) is 6.96. The number of benzene rings is 1. The lowest BCUT2D eigenvalue weighted by Crippen LogP contribution is -2.33. The molecule has 156 valence electrons. The molecule has 1 N–H and O–H groups in total. The van der Waals surface area contributed by atoms with Crippen LogP contribution in [0, 0.1) is 19.8 Å². The van der Waals surface area contributed by atoms with Crippen LogP contribution in [0.2, 0.25) is 5.02 Å². The van der Waals surface area contributed by atoms with Crippen molar-refractivity contribution in [3.8, 4) is 5.69 Å². The minimum Gasteiger partial charge on any atom is -0.352 e. The Morgan fingerprint density at radius 3 is 2.60 bits per heavy atom. The molecule has 1 aromatic carbocycles. The van der Waals surface area contributed by atoms with Crippen molar-refractivity contribution >= 4 is 28.9 Å². The first-order valence-electron chi connectivity index (χ1n) is 10.3. The Kier molecular flexibility index (Phi) is 5.85. The van der Waals surface area contributed by atoms with Crippen LogP contribution in [0.15, 0.2) is 54.7 Å². The normalized spacial score (nSPS) is 18.9. The maximum absolute atomic E-state index is 6.28. The quantitative estimate of drug-likeness (QED) is 0.512. The Hall–Kier alpha value is -2.37. The average Bonchev–Trinajstić information content (AvgIpc) is 3.18. The molecule has 0 amide bonds. The summed E-state index contributed by atoms with van der Waals surface area (Å²) in [7, 11) is 0. The molecule has 1 fully saturated rings. The molecule has 3 aromatic rings. The standard InChI is InChI=1S/C24H27ClN4S/c1-15(2)14-28-23(22(27-24(28)30)21-10-5-6-11-26-21)20-12-16(3)29(17(20)4)19-9-7-8-18(25)13-19/h5-13,15,22-23H,14H2,1-4H3,(H,27,30)/t22-,23+/m0/s1. The van der Waals surface area contributed by atoms with E-state index in [9.17, 15) is 0 Å². The molecule has 0 bridgehead atoms. The number of nitrogens with zero attached hydrogens (tertiary/aromatic N) is 3. The van der Waals surface area contributed by atoms with Gasteiger partial charge in [0.05, 0.1) is 17.8 Å². The van der Waals surface area contributed by atoms with Gasteiger partial charge in [0.25, 0.3) is 0 Å². The number of halogens is 1. The molecule has 0 saturated carbocycles. The second kappa shape index (κ2) is 8.40. The van der Waals surface area contributed by atoms with Gasteiger partial charge < -0.3 is 14.8 Å². The topological polar surface area (TPSA) is 33.1 Å². The molecule has 2 atom stereocenters. The zero-order valence-corrected chi connectivity index (χ0v) is 19.3. The molecule has 30 heavy (non-hydrogen) atoms. The van der Waals surface area contributed by atoms with E-state index in [2.05, 4.69) is 65.7 Å². The lowest BCUT2D eigenvalue weighted by Gasteiger charge is -2.29. The highest BCUT2D eigenvalue weighted by molar-refractivity contribution is 7.80. The van der Waals surface area contributed by atoms with Crippen LogP contribution in [-0.4, -0.2) is 26.1 Å². The molecule has 2 aromatic heterocycles. The maximum Gasteiger partial charge on any atom is 0.170 e. The number of pyridine rings is 1. The van der Waals surface area contributed by atoms with E-state index in [0.717, 1.165) is 28.1 Å². The Labute approximate surface area is 188 Å². The maximum atomic E-state index is 6.28. The highest BCUT2D eigenvalue weighted by atomic mass is 35.5. The van der Waals surface area contributed by atoms with Gasteiger partial charge in [-0.25, -0.2) is 0 Å². The largest absolute Gasteiger partial charge is 0.352 e. The molecule has 0 aliphatic carbocycles. The van der Waals surface area contributed by atoms with Crippen LogP contribution in [0.3, 0.4) is 0 Å². The van der Waals surface area contributed by atoms with E-state index in [0.29, 0.717) is 5.92 Å². The number of aromatic nitrogens is 2. The third-order valence-corrected chi connectivity index (χ3v) is 6.20. The summed E-state index contributed by atoms with van der Waals surface area (Å²) in [6.07, 6.45) is 1.84. The van der Waals surface area contributed by atoms with Crippen molar-refractivity contribution < 1.29 is 0 Å². The fraction of sp³-hybridized carbons (Fsp3) is 0.333. The number of hydrogen-bond donors (Lipinski definition) is 1. The van der Waals surface area contributed by atoms with Crippen LogP contribution in [0.4, 0.5) is 0 Å². The second-order valence-corrected chi connectivity index (χ2v) is 9.14. The van der Waals surface area contributed by atoms with Crippen LogP contribution >= 0.6 is 23.8 Å². The Morgan fingerprint density at radius 1 is 1.13 bits per heavy atom. The zero-order valence-electron chi connectivity index (χ0n) is 17.8. The summed E-state index contributed by atoms with van der Waals surface area (Å²) in [5.74, 6) is 0.492. The van der Waals surface area contributed by atoms with Crippen molar-refractivity contribution in [2.75, 3.05) is 6.54 Å². The number of nitrogens with one attached hydrogen (secondary N) is 1. The van der Waals surface area contributed by atoms with Crippen LogP contribution in [-0.2, 0) is 0 Å². The predicted octanol–water partition coefficient (Wildman–Crippen LogP) is 5.77. The van der Waals surface area contributed by atoms with Crippen LogP contribution in [0.25, 0.3) is 5.69 Å². The van der Waals surface area contributed by atoms with Gasteiger partial charge >= 0.3 is 0 Å². The number of rotatable bonds is 5. The van der Waals surface area contributed by atoms with Crippen LogP contribution < -0.4 is 5.32 Å². The first kappa shape index (κ1) is 20.9. The highest BCUT2D eigenvalue weighted by Crippen LogP contribution is 2.41. The first-order chi connectivity index (χ1) is 14.4. The van der Waals surface area contributed by atoms with Crippen LogP contribution in [0.5, 0.6) is 0 Å². The van der Waals surface area contributed by atoms with Gasteiger partial charge in [0, 0.05) is 34.8 Å². The summed E-state index contributed by atoms with van der Waals surface area (Å²) >= 11 is 12.0. The van der Waals surface area contributed by atoms with Gasteiger partial charge in [-0.15, -0.1) is 0 Å². The Balaban J connectivity index is 1.84. The second-order valence-electron chi connectivity index (χ2n) is 8.31. The van der Waals surface area contributed by atoms with Crippen molar-refractivity contribution in [1.29, 1.82) is 0 Å². The third-order valence-electron chi connectivity index (χ3n) is 5.61. The third kappa shape index (κ3) is 3.84. The number of aryl methyl sites for hydroxylation is 1. The van der Waals surface area contributed by atoms with Gasteiger partial charge in [-0.2, -0.15) is 0 Å². The summed E-state index contributed by atoms with van der Waals surface area (Å²) in [5.41, 5.74) is 5.70. The lowest BCUT2D eigenvalue weighted by molar-refractivity contribution is 0.287. The van der Waals surface area contributed by atoms with E-state index in [1.807, 2.05) is 36.5 Å². The monoisotopic (exact) mass is 438 g/mol. The summed E-state index contributed by atoms with van der Waals surface area (Å²) < 4.78 is 2.27. The zero-order chi connectivity index (χ0) is 21.4. The molecule has 1 aliphatic rings. The molecule has 6 heteroatoms. The summed E-state index contributed by atoms with van der Waals surface area (Å²) in [6.45, 7) is 9.65. The molecule has 4 rings (SSSR count). The minimum absolute atomic E-state index is 0.00533. The Morgan fingerprint density at radius 2 is 1.93 bits per heavy atom. The van der Waals surface area contributed by atoms with Crippen LogP contribution in [0.1, 0.15) is 48.6 Å². The molecular formula is C24H27ClN4S. The lowest BCUT2D eigenvalue weighted by atomic mass is 9.96. The predicted molar refractivity (Wildman–Crippen MR) is 127 cm³/mol. The van der Waals surface area contributed by atoms with E-state index >= 15 is 0 Å². The van der Waals surface area contributed by atoms with Gasteiger partial charge in [0.2, 0.25) is 0 Å². The van der Waals surface area contributed by atoms with Crippen molar-refractivity contribution in [1.82, 2.24) is 19.8 Å². The number of thiocarbonyl (C=S) groups is 1. The molecule has 0 spiro atoms. The van der Waals surface area contributed by atoms with Gasteiger partial charge in [-0.1, -0.05) is 37.6 Å². The molecular weight excluding hydrogens is 412 g/mol. The Bertz CT molecular complexity index is 1060. The van der Waals surface area contributed by atoms with E-state index in [-0.39, 0.29) is 12.1 Å². The first-order valence-corrected chi connectivity index (χ1v) is 11.1. The minimum atomic E-state index is 0.00533. The van der Waals surface area contributed by atoms with Crippen molar-refractivity contribution in [3.63, 3.8) is 0 Å². The van der Waals surface area contributed by atoms with E-state index in [1.54, 1.807) is 0 Å². The van der Waals surface area contributed by atoms with Gasteiger partial charge in [-0.05, 0) is 73.9 Å². The fourth-order valence-corrected chi connectivity index (χ4v) is 4.93. The molecule has 0 radical (unpaired) electrons. The average molecular weight is 439 g/mol. The van der Waals surface area contributed by atoms with Crippen molar-refractivity contribution in [2.45, 2.75) is 39.8 Å².